The number of aromatic hydroxyl groups is 1. The fourth-order valence-electron chi connectivity index (χ4n) is 6.46. The van der Waals surface area contributed by atoms with E-state index in [1.54, 1.807) is 21.0 Å². The highest BCUT2D eigenvalue weighted by atomic mass is 19.1. The van der Waals surface area contributed by atoms with Crippen LogP contribution in [0.2, 0.25) is 0 Å². The van der Waals surface area contributed by atoms with Crippen LogP contribution in [0.25, 0.3) is 0 Å². The van der Waals surface area contributed by atoms with Gasteiger partial charge in [-0.1, -0.05) is 13.0 Å². The summed E-state index contributed by atoms with van der Waals surface area (Å²) in [6.45, 7) is 1.65. The second kappa shape index (κ2) is 10.3. The number of nitrogens with zero attached hydrogens (tertiary/aromatic N) is 1. The number of fused-ring (bicyclic) bond motifs is 3. The van der Waals surface area contributed by atoms with Crippen molar-refractivity contribution in [2.24, 2.45) is 23.5 Å². The SMILES string of the molecule is CC1c2ccc(NC(=O)Oc3ccc(F)cc3)c(O)c2C(=O)C2=C(O)C3C(=O)C(C(N)=O)=C(O)[C@@H](N(C)C)C3[C@@H](O)C21. The molecule has 0 fully saturated rings. The Labute approximate surface area is 238 Å². The fraction of sp³-hybridized carbons (Fsp3) is 0.310. The summed E-state index contributed by atoms with van der Waals surface area (Å²) in [4.78, 5) is 53.3. The molecule has 0 saturated carbocycles. The molecule has 2 amide bonds. The number of ether oxygens (including phenoxy) is 1. The lowest BCUT2D eigenvalue weighted by atomic mass is 9.57. The number of ketones is 2. The molecule has 3 aliphatic carbocycles. The number of phenols is 1. The van der Waals surface area contributed by atoms with Gasteiger partial charge in [0.2, 0.25) is 0 Å². The average molecular weight is 582 g/mol. The lowest BCUT2D eigenvalue weighted by Gasteiger charge is -2.50. The highest BCUT2D eigenvalue weighted by Gasteiger charge is 2.59. The minimum absolute atomic E-state index is 0.0170. The summed E-state index contributed by atoms with van der Waals surface area (Å²) in [6.07, 6.45) is -2.50. The van der Waals surface area contributed by atoms with Crippen molar-refractivity contribution in [2.45, 2.75) is 25.0 Å². The van der Waals surface area contributed by atoms with E-state index in [0.717, 1.165) is 12.1 Å². The molecule has 4 unspecified atom stereocenters. The first-order chi connectivity index (χ1) is 19.8. The van der Waals surface area contributed by atoms with Crippen molar-refractivity contribution in [1.29, 1.82) is 0 Å². The van der Waals surface area contributed by atoms with Crippen molar-refractivity contribution in [3.8, 4) is 11.5 Å². The Bertz CT molecular complexity index is 1600. The molecule has 2 aromatic rings. The Balaban J connectivity index is 1.57. The molecular formula is C29H28FN3O9. The summed E-state index contributed by atoms with van der Waals surface area (Å²) in [5, 5.41) is 47.3. The van der Waals surface area contributed by atoms with E-state index in [-0.39, 0.29) is 22.6 Å². The molecule has 220 valence electrons. The van der Waals surface area contributed by atoms with E-state index in [1.807, 2.05) is 0 Å². The molecule has 0 aliphatic heterocycles. The summed E-state index contributed by atoms with van der Waals surface area (Å²) in [7, 11) is 3.10. The van der Waals surface area contributed by atoms with Gasteiger partial charge in [-0.05, 0) is 55.9 Å². The van der Waals surface area contributed by atoms with Crippen LogP contribution in [-0.4, -0.2) is 75.1 Å². The topological polar surface area (TPSA) is 200 Å². The van der Waals surface area contributed by atoms with Crippen molar-refractivity contribution < 1.29 is 48.7 Å². The quantitative estimate of drug-likeness (QED) is 0.230. The first-order valence-electron chi connectivity index (χ1n) is 13.0. The van der Waals surface area contributed by atoms with Crippen LogP contribution in [-0.2, 0) is 9.59 Å². The summed E-state index contributed by atoms with van der Waals surface area (Å²) >= 11 is 0. The molecule has 0 saturated heterocycles. The number of aliphatic hydroxyl groups is 3. The van der Waals surface area contributed by atoms with Crippen LogP contribution in [0, 0.1) is 23.6 Å². The van der Waals surface area contributed by atoms with Gasteiger partial charge in [-0.25, -0.2) is 9.18 Å². The van der Waals surface area contributed by atoms with Gasteiger partial charge in [-0.3, -0.25) is 24.6 Å². The maximum absolute atomic E-state index is 13.9. The predicted octanol–water partition coefficient (Wildman–Crippen LogP) is 2.29. The fourth-order valence-corrected chi connectivity index (χ4v) is 6.46. The lowest BCUT2D eigenvalue weighted by Crippen LogP contribution is -2.59. The number of carbonyl (C=O) groups is 4. The smallest absolute Gasteiger partial charge is 0.417 e. The molecule has 7 N–H and O–H groups in total. The van der Waals surface area contributed by atoms with E-state index in [1.165, 1.54) is 29.2 Å². The molecule has 13 heteroatoms. The number of phenolic OH excluding ortho intramolecular Hbond substituents is 1. The number of carbonyl (C=O) groups excluding carboxylic acids is 4. The van der Waals surface area contributed by atoms with Crippen LogP contribution >= 0.6 is 0 Å². The van der Waals surface area contributed by atoms with Crippen molar-refractivity contribution in [3.05, 3.63) is 76.0 Å². The predicted molar refractivity (Wildman–Crippen MR) is 144 cm³/mol. The Morgan fingerprint density at radius 3 is 2.26 bits per heavy atom. The van der Waals surface area contributed by atoms with Crippen LogP contribution in [0.15, 0.2) is 59.1 Å². The molecular weight excluding hydrogens is 553 g/mol. The molecule has 5 rings (SSSR count). The van der Waals surface area contributed by atoms with Gasteiger partial charge < -0.3 is 30.9 Å². The number of anilines is 1. The number of benzene rings is 2. The van der Waals surface area contributed by atoms with Gasteiger partial charge in [0.05, 0.1) is 29.3 Å². The van der Waals surface area contributed by atoms with E-state index < -0.39 is 88.0 Å². The number of nitrogens with two attached hydrogens (primary N) is 1. The maximum Gasteiger partial charge on any atom is 0.417 e. The largest absolute Gasteiger partial charge is 0.511 e. The van der Waals surface area contributed by atoms with Crippen molar-refractivity contribution >= 4 is 29.3 Å². The summed E-state index contributed by atoms with van der Waals surface area (Å²) in [5.74, 6) is -10.1. The number of rotatable bonds is 4. The first kappa shape index (κ1) is 28.8. The molecule has 42 heavy (non-hydrogen) atoms. The minimum Gasteiger partial charge on any atom is -0.511 e. The summed E-state index contributed by atoms with van der Waals surface area (Å²) < 4.78 is 18.2. The highest BCUT2D eigenvalue weighted by molar-refractivity contribution is 6.22. The number of allylic oxidation sites excluding steroid dienone is 1. The van der Waals surface area contributed by atoms with E-state index >= 15 is 0 Å². The third-order valence-corrected chi connectivity index (χ3v) is 8.26. The van der Waals surface area contributed by atoms with E-state index in [4.69, 9.17) is 10.5 Å². The molecule has 0 bridgehead atoms. The number of nitrogens with one attached hydrogen (secondary N) is 1. The van der Waals surface area contributed by atoms with Gasteiger partial charge in [-0.2, -0.15) is 0 Å². The Hall–Kier alpha value is -4.75. The van der Waals surface area contributed by atoms with Gasteiger partial charge in [0, 0.05) is 17.4 Å². The normalized spacial score (nSPS) is 26.9. The average Bonchev–Trinajstić information content (AvgIpc) is 2.91. The van der Waals surface area contributed by atoms with Crippen molar-refractivity contribution in [1.82, 2.24) is 4.90 Å². The Kier molecular flexibility index (Phi) is 7.03. The van der Waals surface area contributed by atoms with Gasteiger partial charge in [0.25, 0.3) is 5.91 Å². The minimum atomic E-state index is -1.58. The highest BCUT2D eigenvalue weighted by Crippen LogP contribution is 2.54. The molecule has 6 atom stereocenters. The van der Waals surface area contributed by atoms with Crippen molar-refractivity contribution in [2.75, 3.05) is 19.4 Å². The zero-order valence-corrected chi connectivity index (χ0v) is 22.7. The van der Waals surface area contributed by atoms with Crippen LogP contribution in [0.1, 0.15) is 28.8 Å². The lowest BCUT2D eigenvalue weighted by molar-refractivity contribution is -0.131. The molecule has 0 radical (unpaired) electrons. The number of primary amides is 1. The molecule has 0 spiro atoms. The van der Waals surface area contributed by atoms with E-state index in [2.05, 4.69) is 5.32 Å². The zero-order valence-electron chi connectivity index (χ0n) is 22.7. The number of amides is 2. The van der Waals surface area contributed by atoms with Gasteiger partial charge in [-0.15, -0.1) is 0 Å². The van der Waals surface area contributed by atoms with Crippen LogP contribution in [0.3, 0.4) is 0 Å². The van der Waals surface area contributed by atoms with Crippen LogP contribution < -0.4 is 15.8 Å². The summed E-state index contributed by atoms with van der Waals surface area (Å²) in [5.41, 5.74) is 4.12. The zero-order chi connectivity index (χ0) is 30.8. The molecule has 12 nitrogen and oxygen atoms in total. The number of hydrogen-bond donors (Lipinski definition) is 6. The molecule has 0 heterocycles. The molecule has 0 aromatic heterocycles. The number of likely N-dealkylation sites (N-methyl/N-ethyl adjacent to an activating group) is 1. The van der Waals surface area contributed by atoms with Crippen molar-refractivity contribution in [3.63, 3.8) is 0 Å². The summed E-state index contributed by atoms with van der Waals surface area (Å²) in [6, 6.07) is 6.31. The number of hydrogen-bond acceptors (Lipinski definition) is 10. The Morgan fingerprint density at radius 1 is 1.02 bits per heavy atom. The first-order valence-corrected chi connectivity index (χ1v) is 13.0. The van der Waals surface area contributed by atoms with E-state index in [0.29, 0.717) is 5.56 Å². The third-order valence-electron chi connectivity index (χ3n) is 8.26. The Morgan fingerprint density at radius 2 is 1.67 bits per heavy atom. The monoisotopic (exact) mass is 581 g/mol. The van der Waals surface area contributed by atoms with Gasteiger partial charge in [0.15, 0.2) is 17.3 Å². The molecule has 3 aliphatic rings. The third kappa shape index (κ3) is 4.28. The number of aliphatic hydroxyl groups excluding tert-OH is 3. The van der Waals surface area contributed by atoms with E-state index in [9.17, 15) is 44.0 Å². The number of halogens is 1. The van der Waals surface area contributed by atoms with Gasteiger partial charge >= 0.3 is 6.09 Å². The maximum atomic E-state index is 13.9. The standard InChI is InChI=1S/C29H28FN3O9/c1-10-13-8-9-14(32-29(41)42-12-6-4-11(30)5-7-12)22(34)16(13)24(36)18-15(10)23(35)17-19(25(18)37)26(38)20(28(31)40)27(39)21(17)33(2)3/h4-10,15,17,19,21,23,34-35,37,39H,1-3H3,(H2,31,40)(H,32,41)/t10?,15?,17?,19?,21-,23-/m0/s1. The number of Topliss-reactive ketones (excluding diaryl/α,β-unsaturated/α-hetero) is 2. The van der Waals surface area contributed by atoms with Crippen LogP contribution in [0.4, 0.5) is 14.9 Å². The molecule has 2 aromatic carbocycles. The second-order valence-corrected chi connectivity index (χ2v) is 10.8. The van der Waals surface area contributed by atoms with Crippen LogP contribution in [0.5, 0.6) is 11.5 Å². The van der Waals surface area contributed by atoms with Gasteiger partial charge in [0.1, 0.15) is 28.7 Å². The second-order valence-electron chi connectivity index (χ2n) is 10.8.